The lowest BCUT2D eigenvalue weighted by Crippen LogP contribution is -2.42. The quantitative estimate of drug-likeness (QED) is 0.863. The van der Waals surface area contributed by atoms with Crippen LogP contribution in [-0.2, 0) is 10.0 Å². The molecule has 0 aliphatic carbocycles. The van der Waals surface area contributed by atoms with Crippen molar-refractivity contribution in [2.24, 2.45) is 0 Å². The van der Waals surface area contributed by atoms with E-state index in [0.717, 1.165) is 19.3 Å². The molecule has 2 aromatic rings. The van der Waals surface area contributed by atoms with Gasteiger partial charge in [0.25, 0.3) is 15.1 Å². The van der Waals surface area contributed by atoms with Crippen LogP contribution in [0.5, 0.6) is 0 Å². The van der Waals surface area contributed by atoms with E-state index in [9.17, 15) is 13.7 Å². The van der Waals surface area contributed by atoms with E-state index in [1.54, 1.807) is 24.3 Å². The van der Waals surface area contributed by atoms with Gasteiger partial charge >= 0.3 is 0 Å². The van der Waals surface area contributed by atoms with Crippen molar-refractivity contribution < 1.29 is 12.8 Å². The number of oxazole rings is 1. The molecule has 0 amide bonds. The van der Waals surface area contributed by atoms with Crippen molar-refractivity contribution in [2.75, 3.05) is 6.54 Å². The second-order valence-corrected chi connectivity index (χ2v) is 7.38. The summed E-state index contributed by atoms with van der Waals surface area (Å²) < 4.78 is 32.6. The number of piperidine rings is 1. The highest BCUT2D eigenvalue weighted by molar-refractivity contribution is 7.89. The summed E-state index contributed by atoms with van der Waals surface area (Å²) >= 11 is 0. The molecule has 0 bridgehead atoms. The lowest BCUT2D eigenvalue weighted by atomic mass is 10.1. The van der Waals surface area contributed by atoms with Crippen molar-refractivity contribution in [2.45, 2.75) is 37.3 Å². The molecule has 6 nitrogen and oxygen atoms in total. The summed E-state index contributed by atoms with van der Waals surface area (Å²) in [6, 6.07) is 10.7. The number of nitriles is 1. The van der Waals surface area contributed by atoms with Crippen LogP contribution in [0.25, 0.3) is 11.5 Å². The van der Waals surface area contributed by atoms with Crippen LogP contribution in [0.1, 0.15) is 31.9 Å². The van der Waals surface area contributed by atoms with Crippen molar-refractivity contribution in [1.82, 2.24) is 9.29 Å². The SMILES string of the molecule is CC1CCCCN1S(=O)(=O)c1oc(-c2ccccc2)nc1C#N. The summed E-state index contributed by atoms with van der Waals surface area (Å²) in [5.41, 5.74) is 0.443. The number of hydrogen-bond donors (Lipinski definition) is 0. The summed E-state index contributed by atoms with van der Waals surface area (Å²) in [4.78, 5) is 4.05. The molecule has 1 saturated heterocycles. The van der Waals surface area contributed by atoms with E-state index in [2.05, 4.69) is 4.98 Å². The van der Waals surface area contributed by atoms with Gasteiger partial charge in [0.2, 0.25) is 5.89 Å². The molecule has 1 aliphatic heterocycles. The highest BCUT2D eigenvalue weighted by Crippen LogP contribution is 2.30. The van der Waals surface area contributed by atoms with Crippen LogP contribution >= 0.6 is 0 Å². The fourth-order valence-corrected chi connectivity index (χ4v) is 4.47. The number of hydrogen-bond acceptors (Lipinski definition) is 5. The van der Waals surface area contributed by atoms with Crippen LogP contribution < -0.4 is 0 Å². The van der Waals surface area contributed by atoms with E-state index in [1.807, 2.05) is 19.1 Å². The molecule has 7 heteroatoms. The Labute approximate surface area is 135 Å². The van der Waals surface area contributed by atoms with Crippen molar-refractivity contribution in [3.8, 4) is 17.5 Å². The minimum atomic E-state index is -3.86. The third-order valence-corrected chi connectivity index (χ3v) is 5.91. The first-order chi connectivity index (χ1) is 11.0. The Morgan fingerprint density at radius 2 is 2.04 bits per heavy atom. The maximum Gasteiger partial charge on any atom is 0.279 e. The average molecular weight is 331 g/mol. The Morgan fingerprint density at radius 3 is 2.70 bits per heavy atom. The molecule has 0 saturated carbocycles. The Morgan fingerprint density at radius 1 is 1.30 bits per heavy atom. The molecule has 1 fully saturated rings. The summed E-state index contributed by atoms with van der Waals surface area (Å²) in [7, 11) is -3.86. The van der Waals surface area contributed by atoms with Crippen molar-refractivity contribution >= 4 is 10.0 Å². The van der Waals surface area contributed by atoms with Gasteiger partial charge in [-0.25, -0.2) is 8.42 Å². The van der Waals surface area contributed by atoms with Crippen LogP contribution in [0, 0.1) is 11.3 Å². The van der Waals surface area contributed by atoms with E-state index < -0.39 is 10.0 Å². The molecular weight excluding hydrogens is 314 g/mol. The molecule has 0 N–H and O–H groups in total. The smallest absolute Gasteiger partial charge is 0.279 e. The number of sulfonamides is 1. The van der Waals surface area contributed by atoms with Crippen LogP contribution in [0.15, 0.2) is 39.8 Å². The topological polar surface area (TPSA) is 87.2 Å². The van der Waals surface area contributed by atoms with E-state index >= 15 is 0 Å². The Balaban J connectivity index is 2.05. The van der Waals surface area contributed by atoms with Gasteiger partial charge < -0.3 is 4.42 Å². The normalized spacial score (nSPS) is 19.4. The molecular formula is C16H17N3O3S. The summed E-state index contributed by atoms with van der Waals surface area (Å²) in [6.45, 7) is 2.31. The van der Waals surface area contributed by atoms with Crippen LogP contribution in [0.4, 0.5) is 0 Å². The fourth-order valence-electron chi connectivity index (χ4n) is 2.79. The lowest BCUT2D eigenvalue weighted by molar-refractivity contribution is 0.262. The molecule has 1 atom stereocenters. The fraction of sp³-hybridized carbons (Fsp3) is 0.375. The molecule has 3 rings (SSSR count). The van der Waals surface area contributed by atoms with E-state index in [-0.39, 0.29) is 22.7 Å². The Kier molecular flexibility index (Phi) is 4.20. The average Bonchev–Trinajstić information content (AvgIpc) is 3.01. The molecule has 2 heterocycles. The molecule has 0 radical (unpaired) electrons. The summed E-state index contributed by atoms with van der Waals surface area (Å²) in [5, 5.41) is 8.90. The van der Waals surface area contributed by atoms with Gasteiger partial charge in [0.15, 0.2) is 5.69 Å². The minimum absolute atomic E-state index is 0.106. The second-order valence-electron chi connectivity index (χ2n) is 5.59. The molecule has 0 spiro atoms. The van der Waals surface area contributed by atoms with E-state index in [1.165, 1.54) is 4.31 Å². The number of nitrogens with zero attached hydrogens (tertiary/aromatic N) is 3. The van der Waals surface area contributed by atoms with Crippen LogP contribution in [0.2, 0.25) is 0 Å². The van der Waals surface area contributed by atoms with Gasteiger partial charge in [-0.15, -0.1) is 0 Å². The molecule has 1 aromatic heterocycles. The van der Waals surface area contributed by atoms with E-state index in [0.29, 0.717) is 12.1 Å². The zero-order valence-corrected chi connectivity index (χ0v) is 13.6. The van der Waals surface area contributed by atoms with Crippen molar-refractivity contribution in [1.29, 1.82) is 5.26 Å². The molecule has 23 heavy (non-hydrogen) atoms. The van der Waals surface area contributed by atoms with Crippen molar-refractivity contribution in [3.63, 3.8) is 0 Å². The van der Waals surface area contributed by atoms with Gasteiger partial charge in [0.1, 0.15) is 6.07 Å². The van der Waals surface area contributed by atoms with Crippen molar-refractivity contribution in [3.05, 3.63) is 36.0 Å². The zero-order valence-electron chi connectivity index (χ0n) is 12.8. The van der Waals surface area contributed by atoms with Gasteiger partial charge in [0, 0.05) is 18.2 Å². The third kappa shape index (κ3) is 2.87. The highest BCUT2D eigenvalue weighted by Gasteiger charge is 2.36. The predicted molar refractivity (Wildman–Crippen MR) is 83.9 cm³/mol. The molecule has 120 valence electrons. The first kappa shape index (κ1) is 15.7. The van der Waals surface area contributed by atoms with Crippen LogP contribution in [-0.4, -0.2) is 30.3 Å². The minimum Gasteiger partial charge on any atom is -0.422 e. The first-order valence-corrected chi connectivity index (χ1v) is 8.96. The summed E-state index contributed by atoms with van der Waals surface area (Å²) in [6.07, 6.45) is 2.62. The first-order valence-electron chi connectivity index (χ1n) is 7.52. The standard InChI is InChI=1S/C16H17N3O3S/c1-12-7-5-6-10-19(12)23(20,21)16-14(11-17)18-15(22-16)13-8-3-2-4-9-13/h2-4,8-9,12H,5-7,10H2,1H3. The van der Waals surface area contributed by atoms with Gasteiger partial charge in [-0.1, -0.05) is 24.6 Å². The molecule has 1 aliphatic rings. The Hall–Kier alpha value is -2.17. The number of rotatable bonds is 3. The predicted octanol–water partition coefficient (Wildman–Crippen LogP) is 2.78. The van der Waals surface area contributed by atoms with Gasteiger partial charge in [-0.3, -0.25) is 0 Å². The largest absolute Gasteiger partial charge is 0.422 e. The molecule has 1 aromatic carbocycles. The van der Waals surface area contributed by atoms with Gasteiger partial charge in [-0.05, 0) is 31.9 Å². The Bertz CT molecular complexity index is 837. The van der Waals surface area contributed by atoms with Crippen LogP contribution in [0.3, 0.4) is 0 Å². The number of aromatic nitrogens is 1. The second kappa shape index (κ2) is 6.14. The maximum atomic E-state index is 12.9. The van der Waals surface area contributed by atoms with Gasteiger partial charge in [0.05, 0.1) is 0 Å². The lowest BCUT2D eigenvalue weighted by Gasteiger charge is -2.31. The summed E-state index contributed by atoms with van der Waals surface area (Å²) in [5.74, 6) is 0.144. The monoisotopic (exact) mass is 331 g/mol. The third-order valence-electron chi connectivity index (χ3n) is 4.01. The zero-order chi connectivity index (χ0) is 16.4. The van der Waals surface area contributed by atoms with Gasteiger partial charge in [-0.2, -0.15) is 14.6 Å². The number of benzene rings is 1. The van der Waals surface area contributed by atoms with E-state index in [4.69, 9.17) is 4.42 Å². The highest BCUT2D eigenvalue weighted by atomic mass is 32.2. The molecule has 1 unspecified atom stereocenters. The maximum absolute atomic E-state index is 12.9.